The number of fused-ring (bicyclic) bond motifs is 1. The van der Waals surface area contributed by atoms with E-state index in [2.05, 4.69) is 10.9 Å². The standard InChI is InChI=1S/C6H5N2P/c1-2-6-4-9-5-8(6)7-3-1/h1-5H. The monoisotopic (exact) mass is 136 g/mol. The van der Waals surface area contributed by atoms with Gasteiger partial charge < -0.3 is 0 Å². The van der Waals surface area contributed by atoms with Crippen molar-refractivity contribution in [2.45, 2.75) is 0 Å². The Labute approximate surface area is 54.2 Å². The molecular weight excluding hydrogens is 131 g/mol. The van der Waals surface area contributed by atoms with E-state index in [1.165, 1.54) is 13.7 Å². The molecule has 0 amide bonds. The van der Waals surface area contributed by atoms with Gasteiger partial charge in [-0.1, -0.05) is 8.19 Å². The molecule has 44 valence electrons. The van der Waals surface area contributed by atoms with Crippen molar-refractivity contribution in [3.8, 4) is 0 Å². The molecular formula is C6H5N2P. The largest absolute Gasteiger partial charge is 0.236 e. The first-order valence-corrected chi connectivity index (χ1v) is 3.73. The summed E-state index contributed by atoms with van der Waals surface area (Å²) in [5.74, 6) is 4.14. The molecule has 0 fully saturated rings. The van der Waals surface area contributed by atoms with Crippen LogP contribution in [0, 0.1) is 0 Å². The van der Waals surface area contributed by atoms with Gasteiger partial charge in [-0.05, 0) is 17.9 Å². The van der Waals surface area contributed by atoms with E-state index in [4.69, 9.17) is 0 Å². The summed E-state index contributed by atoms with van der Waals surface area (Å²) in [6, 6.07) is 3.99. The summed E-state index contributed by atoms with van der Waals surface area (Å²) in [5, 5.41) is 4.08. The van der Waals surface area contributed by atoms with Crippen LogP contribution in [0.5, 0.6) is 0 Å². The fourth-order valence-electron chi connectivity index (χ4n) is 0.766. The van der Waals surface area contributed by atoms with Crippen molar-refractivity contribution in [3.63, 3.8) is 0 Å². The minimum absolute atomic E-state index is 1.18. The van der Waals surface area contributed by atoms with Gasteiger partial charge in [0, 0.05) is 6.20 Å². The molecule has 2 heterocycles. The molecule has 0 saturated heterocycles. The van der Waals surface area contributed by atoms with Gasteiger partial charge in [-0.3, -0.25) is 0 Å². The van der Waals surface area contributed by atoms with Gasteiger partial charge in [0.2, 0.25) is 0 Å². The molecule has 0 aromatic carbocycles. The van der Waals surface area contributed by atoms with E-state index >= 15 is 0 Å². The number of hydrogen-bond donors (Lipinski definition) is 0. The van der Waals surface area contributed by atoms with Crippen LogP contribution in [0.1, 0.15) is 0 Å². The van der Waals surface area contributed by atoms with Crippen LogP contribution in [0.3, 0.4) is 0 Å². The van der Waals surface area contributed by atoms with Gasteiger partial charge in [0.05, 0.1) is 11.4 Å². The molecule has 0 aliphatic heterocycles. The Hall–Kier alpha value is -0.880. The predicted molar refractivity (Wildman–Crippen MR) is 37.7 cm³/mol. The van der Waals surface area contributed by atoms with E-state index in [0.717, 1.165) is 0 Å². The van der Waals surface area contributed by atoms with Crippen LogP contribution in [0.15, 0.2) is 30.1 Å². The third-order valence-electron chi connectivity index (χ3n) is 1.19. The lowest BCUT2D eigenvalue weighted by Gasteiger charge is -1.86. The highest BCUT2D eigenvalue weighted by Crippen LogP contribution is 2.09. The second-order valence-electron chi connectivity index (χ2n) is 1.79. The average Bonchev–Trinajstić information content (AvgIpc) is 2.33. The number of aromatic nitrogens is 2. The average molecular weight is 136 g/mol. The molecule has 0 aliphatic carbocycles. The topological polar surface area (TPSA) is 17.3 Å². The molecule has 2 rings (SSSR count). The van der Waals surface area contributed by atoms with E-state index < -0.39 is 0 Å². The lowest BCUT2D eigenvalue weighted by atomic mass is 10.5. The Kier molecular flexibility index (Phi) is 0.998. The van der Waals surface area contributed by atoms with Crippen LogP contribution in [0.4, 0.5) is 0 Å². The fourth-order valence-corrected chi connectivity index (χ4v) is 1.51. The minimum atomic E-state index is 1.18. The molecule has 0 radical (unpaired) electrons. The highest BCUT2D eigenvalue weighted by Gasteiger charge is 1.86. The van der Waals surface area contributed by atoms with Crippen molar-refractivity contribution in [1.82, 2.24) is 9.61 Å². The molecule has 0 atom stereocenters. The molecule has 0 saturated carbocycles. The fraction of sp³-hybridized carbons (Fsp3) is 0. The summed E-state index contributed by atoms with van der Waals surface area (Å²) < 4.78 is 1.88. The van der Waals surface area contributed by atoms with Gasteiger partial charge in [0.15, 0.2) is 0 Å². The van der Waals surface area contributed by atoms with Gasteiger partial charge in [-0.2, -0.15) is 5.10 Å². The van der Waals surface area contributed by atoms with Gasteiger partial charge in [0.1, 0.15) is 0 Å². The lowest BCUT2D eigenvalue weighted by molar-refractivity contribution is 0.947. The third-order valence-corrected chi connectivity index (χ3v) is 1.96. The first-order valence-electron chi connectivity index (χ1n) is 2.70. The van der Waals surface area contributed by atoms with Crippen molar-refractivity contribution in [1.29, 1.82) is 0 Å². The van der Waals surface area contributed by atoms with Crippen LogP contribution < -0.4 is 0 Å². The maximum Gasteiger partial charge on any atom is 0.0696 e. The van der Waals surface area contributed by atoms with E-state index in [1.807, 2.05) is 22.6 Å². The molecule has 0 bridgehead atoms. The van der Waals surface area contributed by atoms with Crippen LogP contribution in [-0.2, 0) is 0 Å². The molecule has 0 aliphatic rings. The summed E-state index contributed by atoms with van der Waals surface area (Å²) >= 11 is 0. The van der Waals surface area contributed by atoms with Crippen LogP contribution in [0.25, 0.3) is 5.52 Å². The van der Waals surface area contributed by atoms with E-state index in [-0.39, 0.29) is 0 Å². The summed E-state index contributed by atoms with van der Waals surface area (Å²) in [5.41, 5.74) is 1.18. The zero-order chi connectivity index (χ0) is 6.10. The van der Waals surface area contributed by atoms with Gasteiger partial charge in [-0.25, -0.2) is 4.52 Å². The summed E-state index contributed by atoms with van der Waals surface area (Å²) in [6.07, 6.45) is 1.79. The quantitative estimate of drug-likeness (QED) is 0.540. The molecule has 0 N–H and O–H groups in total. The lowest BCUT2D eigenvalue weighted by Crippen LogP contribution is -1.84. The molecule has 9 heavy (non-hydrogen) atoms. The molecule has 0 unspecified atom stereocenters. The number of hydrogen-bond acceptors (Lipinski definition) is 1. The Morgan fingerprint density at radius 1 is 1.56 bits per heavy atom. The van der Waals surface area contributed by atoms with E-state index in [0.29, 0.717) is 0 Å². The van der Waals surface area contributed by atoms with Gasteiger partial charge in [0.25, 0.3) is 0 Å². The maximum absolute atomic E-state index is 4.08. The summed E-state index contributed by atoms with van der Waals surface area (Å²) in [4.78, 5) is 0. The highest BCUT2D eigenvalue weighted by molar-refractivity contribution is 7.28. The molecule has 0 spiro atoms. The van der Waals surface area contributed by atoms with Crippen molar-refractivity contribution in [3.05, 3.63) is 30.1 Å². The van der Waals surface area contributed by atoms with Crippen molar-refractivity contribution in [2.75, 3.05) is 0 Å². The van der Waals surface area contributed by atoms with Gasteiger partial charge in [-0.15, -0.1) is 0 Å². The Morgan fingerprint density at radius 2 is 2.56 bits per heavy atom. The second-order valence-corrected chi connectivity index (χ2v) is 2.57. The third kappa shape index (κ3) is 0.718. The Bertz CT molecular complexity index is 285. The predicted octanol–water partition coefficient (Wildman–Crippen LogP) is 1.91. The highest BCUT2D eigenvalue weighted by atomic mass is 31.0. The van der Waals surface area contributed by atoms with E-state index in [1.54, 1.807) is 6.20 Å². The van der Waals surface area contributed by atoms with Crippen molar-refractivity contribution >= 4 is 13.7 Å². The normalized spacial score (nSPS) is 11.1. The summed E-state index contributed by atoms with van der Waals surface area (Å²) in [7, 11) is 1.23. The molecule has 2 aromatic heterocycles. The van der Waals surface area contributed by atoms with Crippen LogP contribution >= 0.6 is 8.19 Å². The zero-order valence-corrected chi connectivity index (χ0v) is 5.62. The molecule has 2 nitrogen and oxygen atoms in total. The minimum Gasteiger partial charge on any atom is -0.236 e. The summed E-state index contributed by atoms with van der Waals surface area (Å²) in [6.45, 7) is 0. The first kappa shape index (κ1) is 4.95. The first-order chi connectivity index (χ1) is 4.47. The van der Waals surface area contributed by atoms with Gasteiger partial charge >= 0.3 is 0 Å². The molecule has 2 aromatic rings. The Balaban J connectivity index is 2.95. The zero-order valence-electron chi connectivity index (χ0n) is 4.73. The number of nitrogens with zero attached hydrogens (tertiary/aromatic N) is 2. The van der Waals surface area contributed by atoms with Crippen LogP contribution in [0.2, 0.25) is 0 Å². The maximum atomic E-state index is 4.08. The molecule has 3 heteroatoms. The number of rotatable bonds is 0. The van der Waals surface area contributed by atoms with Crippen molar-refractivity contribution < 1.29 is 0 Å². The SMILES string of the molecule is c1cnn2cpcc2c1. The van der Waals surface area contributed by atoms with E-state index in [9.17, 15) is 0 Å². The van der Waals surface area contributed by atoms with Crippen LogP contribution in [-0.4, -0.2) is 9.61 Å². The second kappa shape index (κ2) is 1.82. The Morgan fingerprint density at radius 3 is 3.44 bits per heavy atom. The van der Waals surface area contributed by atoms with Crippen molar-refractivity contribution in [2.24, 2.45) is 0 Å². The smallest absolute Gasteiger partial charge is 0.0696 e.